The van der Waals surface area contributed by atoms with E-state index in [0.717, 1.165) is 11.4 Å². The summed E-state index contributed by atoms with van der Waals surface area (Å²) in [4.78, 5) is 11.3. The van der Waals surface area contributed by atoms with Gasteiger partial charge in [0.1, 0.15) is 0 Å². The third-order valence-corrected chi connectivity index (χ3v) is 2.89. The van der Waals surface area contributed by atoms with E-state index < -0.39 is 0 Å². The molecule has 1 aliphatic rings. The first kappa shape index (κ1) is 9.53. The van der Waals surface area contributed by atoms with E-state index in [2.05, 4.69) is 5.32 Å². The number of rotatable bonds is 2. The molecular formula is C11H12ClNO. The Hall–Kier alpha value is -1.02. The maximum Gasteiger partial charge on any atom is 0.223 e. The molecule has 1 amide bonds. The second kappa shape index (κ2) is 3.62. The molecule has 2 rings (SSSR count). The molecule has 0 heterocycles. The quantitative estimate of drug-likeness (QED) is 0.795. The van der Waals surface area contributed by atoms with Crippen molar-refractivity contribution >= 4 is 17.5 Å². The van der Waals surface area contributed by atoms with Crippen molar-refractivity contribution < 1.29 is 4.79 Å². The van der Waals surface area contributed by atoms with E-state index >= 15 is 0 Å². The molecule has 1 aliphatic carbocycles. The summed E-state index contributed by atoms with van der Waals surface area (Å²) in [7, 11) is 1.68. The van der Waals surface area contributed by atoms with E-state index in [1.54, 1.807) is 7.05 Å². The summed E-state index contributed by atoms with van der Waals surface area (Å²) < 4.78 is 0. The minimum Gasteiger partial charge on any atom is -0.359 e. The SMILES string of the molecule is CNC(=O)[C@@H]1C[C@@H]1c1cccc(Cl)c1. The molecule has 1 aromatic carbocycles. The van der Waals surface area contributed by atoms with Crippen molar-refractivity contribution in [3.8, 4) is 0 Å². The van der Waals surface area contributed by atoms with Crippen molar-refractivity contribution in [2.45, 2.75) is 12.3 Å². The number of nitrogens with one attached hydrogen (secondary N) is 1. The Balaban J connectivity index is 2.09. The van der Waals surface area contributed by atoms with E-state index in [-0.39, 0.29) is 11.8 Å². The molecule has 0 aromatic heterocycles. The van der Waals surface area contributed by atoms with Gasteiger partial charge in [-0.3, -0.25) is 4.79 Å². The average molecular weight is 210 g/mol. The molecule has 1 aromatic rings. The largest absolute Gasteiger partial charge is 0.359 e. The van der Waals surface area contributed by atoms with Gasteiger partial charge in [-0.25, -0.2) is 0 Å². The summed E-state index contributed by atoms with van der Waals surface area (Å²) in [5, 5.41) is 3.41. The smallest absolute Gasteiger partial charge is 0.223 e. The Morgan fingerprint density at radius 1 is 1.57 bits per heavy atom. The average Bonchev–Trinajstić information content (AvgIpc) is 2.96. The lowest BCUT2D eigenvalue weighted by atomic mass is 10.1. The fraction of sp³-hybridized carbons (Fsp3) is 0.364. The van der Waals surface area contributed by atoms with Crippen LogP contribution in [-0.4, -0.2) is 13.0 Å². The van der Waals surface area contributed by atoms with Crippen LogP contribution in [0.25, 0.3) is 0 Å². The van der Waals surface area contributed by atoms with Crippen LogP contribution in [0.5, 0.6) is 0 Å². The highest BCUT2D eigenvalue weighted by Crippen LogP contribution is 2.47. The molecule has 2 atom stereocenters. The van der Waals surface area contributed by atoms with Gasteiger partial charge in [0.25, 0.3) is 0 Å². The molecule has 0 saturated heterocycles. The lowest BCUT2D eigenvalue weighted by molar-refractivity contribution is -0.121. The van der Waals surface area contributed by atoms with Crippen molar-refractivity contribution in [2.24, 2.45) is 5.92 Å². The summed E-state index contributed by atoms with van der Waals surface area (Å²) in [5.74, 6) is 0.655. The van der Waals surface area contributed by atoms with Crippen LogP contribution in [0.3, 0.4) is 0 Å². The molecule has 0 aliphatic heterocycles. The van der Waals surface area contributed by atoms with Crippen LogP contribution in [0, 0.1) is 5.92 Å². The molecule has 14 heavy (non-hydrogen) atoms. The van der Waals surface area contributed by atoms with E-state index in [0.29, 0.717) is 5.92 Å². The number of benzene rings is 1. The second-order valence-electron chi connectivity index (χ2n) is 3.62. The standard InChI is InChI=1S/C11H12ClNO/c1-13-11(14)10-6-9(10)7-3-2-4-8(12)5-7/h2-5,9-10H,6H2,1H3,(H,13,14)/t9-,10-/m1/s1. The molecule has 0 spiro atoms. The van der Waals surface area contributed by atoms with Crippen molar-refractivity contribution in [1.82, 2.24) is 5.32 Å². The Labute approximate surface area is 88.3 Å². The predicted octanol–water partition coefficient (Wildman–Crippen LogP) is 2.19. The highest BCUT2D eigenvalue weighted by Gasteiger charge is 2.43. The number of hydrogen-bond acceptors (Lipinski definition) is 1. The highest BCUT2D eigenvalue weighted by atomic mass is 35.5. The number of carbonyl (C=O) groups is 1. The molecule has 0 bridgehead atoms. The molecule has 74 valence electrons. The summed E-state index contributed by atoms with van der Waals surface area (Å²) >= 11 is 5.88. The number of halogens is 1. The third-order valence-electron chi connectivity index (χ3n) is 2.65. The first-order valence-corrected chi connectivity index (χ1v) is 5.07. The van der Waals surface area contributed by atoms with Crippen LogP contribution in [0.1, 0.15) is 17.9 Å². The first-order chi connectivity index (χ1) is 6.72. The number of hydrogen-bond donors (Lipinski definition) is 1. The zero-order chi connectivity index (χ0) is 10.1. The zero-order valence-electron chi connectivity index (χ0n) is 7.96. The van der Waals surface area contributed by atoms with Gasteiger partial charge in [0, 0.05) is 18.0 Å². The maximum absolute atomic E-state index is 11.3. The minimum absolute atomic E-state index is 0.134. The fourth-order valence-electron chi connectivity index (χ4n) is 1.78. The lowest BCUT2D eigenvalue weighted by Gasteiger charge is -2.00. The van der Waals surface area contributed by atoms with Gasteiger partial charge in [-0.1, -0.05) is 23.7 Å². The zero-order valence-corrected chi connectivity index (χ0v) is 8.71. The van der Waals surface area contributed by atoms with Gasteiger partial charge in [0.2, 0.25) is 5.91 Å². The Morgan fingerprint density at radius 3 is 3.00 bits per heavy atom. The monoisotopic (exact) mass is 209 g/mol. The predicted molar refractivity (Wildman–Crippen MR) is 56.4 cm³/mol. The molecular weight excluding hydrogens is 198 g/mol. The van der Waals surface area contributed by atoms with E-state index in [4.69, 9.17) is 11.6 Å². The van der Waals surface area contributed by atoms with Gasteiger partial charge in [0.15, 0.2) is 0 Å². The first-order valence-electron chi connectivity index (χ1n) is 4.69. The van der Waals surface area contributed by atoms with Crippen molar-refractivity contribution in [3.05, 3.63) is 34.9 Å². The van der Waals surface area contributed by atoms with Crippen LogP contribution in [-0.2, 0) is 4.79 Å². The van der Waals surface area contributed by atoms with Gasteiger partial charge < -0.3 is 5.32 Å². The van der Waals surface area contributed by atoms with Crippen LogP contribution in [0.4, 0.5) is 0 Å². The molecule has 1 saturated carbocycles. The van der Waals surface area contributed by atoms with Gasteiger partial charge >= 0.3 is 0 Å². The molecule has 0 radical (unpaired) electrons. The number of carbonyl (C=O) groups excluding carboxylic acids is 1. The van der Waals surface area contributed by atoms with E-state index in [1.807, 2.05) is 24.3 Å². The molecule has 2 nitrogen and oxygen atoms in total. The van der Waals surface area contributed by atoms with Crippen LogP contribution >= 0.6 is 11.6 Å². The minimum atomic E-state index is 0.134. The van der Waals surface area contributed by atoms with E-state index in [1.165, 1.54) is 5.56 Å². The highest BCUT2D eigenvalue weighted by molar-refractivity contribution is 6.30. The Bertz CT molecular complexity index is 364. The maximum atomic E-state index is 11.3. The van der Waals surface area contributed by atoms with Crippen molar-refractivity contribution in [3.63, 3.8) is 0 Å². The summed E-state index contributed by atoms with van der Waals surface area (Å²) in [6.07, 6.45) is 0.944. The van der Waals surface area contributed by atoms with Crippen molar-refractivity contribution in [1.29, 1.82) is 0 Å². The van der Waals surface area contributed by atoms with Gasteiger partial charge in [-0.15, -0.1) is 0 Å². The van der Waals surface area contributed by atoms with Crippen LogP contribution in [0.2, 0.25) is 5.02 Å². The van der Waals surface area contributed by atoms with Crippen LogP contribution in [0.15, 0.2) is 24.3 Å². The van der Waals surface area contributed by atoms with Gasteiger partial charge in [-0.05, 0) is 30.0 Å². The summed E-state index contributed by atoms with van der Waals surface area (Å²) in [6, 6.07) is 7.74. The number of amides is 1. The second-order valence-corrected chi connectivity index (χ2v) is 4.05. The normalized spacial score (nSPS) is 24.4. The Morgan fingerprint density at radius 2 is 2.36 bits per heavy atom. The fourth-order valence-corrected chi connectivity index (χ4v) is 1.97. The Kier molecular flexibility index (Phi) is 2.46. The molecule has 1 fully saturated rings. The summed E-state index contributed by atoms with van der Waals surface area (Å²) in [5.41, 5.74) is 1.17. The molecule has 3 heteroatoms. The summed E-state index contributed by atoms with van der Waals surface area (Å²) in [6.45, 7) is 0. The van der Waals surface area contributed by atoms with Crippen molar-refractivity contribution in [2.75, 3.05) is 7.05 Å². The van der Waals surface area contributed by atoms with Gasteiger partial charge in [0.05, 0.1) is 0 Å². The lowest BCUT2D eigenvalue weighted by Crippen LogP contribution is -2.20. The molecule has 1 N–H and O–H groups in total. The molecule has 0 unspecified atom stereocenters. The third kappa shape index (κ3) is 1.75. The topological polar surface area (TPSA) is 29.1 Å². The van der Waals surface area contributed by atoms with Gasteiger partial charge in [-0.2, -0.15) is 0 Å². The van der Waals surface area contributed by atoms with Crippen LogP contribution < -0.4 is 5.32 Å². The van der Waals surface area contributed by atoms with E-state index in [9.17, 15) is 4.79 Å².